The Bertz CT molecular complexity index is 918. The maximum absolute atomic E-state index is 11.1. The summed E-state index contributed by atoms with van der Waals surface area (Å²) in [4.78, 5) is 11.1. The molecule has 1 fully saturated rings. The molecule has 3 aromatic heterocycles. The van der Waals surface area contributed by atoms with Crippen molar-refractivity contribution in [2.24, 2.45) is 0 Å². The summed E-state index contributed by atoms with van der Waals surface area (Å²) < 4.78 is 3.65. The highest BCUT2D eigenvalue weighted by atomic mass is 16.4. The smallest absolute Gasteiger partial charge is 0.356 e. The van der Waals surface area contributed by atoms with Crippen LogP contribution in [0.5, 0.6) is 0 Å². The van der Waals surface area contributed by atoms with Crippen LogP contribution in [0.1, 0.15) is 47.3 Å². The minimum absolute atomic E-state index is 0.0707. The predicted octanol–water partition coefficient (Wildman–Crippen LogP) is 2.64. The van der Waals surface area contributed by atoms with E-state index < -0.39 is 5.97 Å². The zero-order valence-corrected chi connectivity index (χ0v) is 13.2. The first-order valence-electron chi connectivity index (χ1n) is 7.72. The van der Waals surface area contributed by atoms with Gasteiger partial charge in [-0.2, -0.15) is 10.2 Å². The number of carboxylic acids is 1. The quantitative estimate of drug-likeness (QED) is 0.804. The van der Waals surface area contributed by atoms with Gasteiger partial charge in [0.2, 0.25) is 0 Å². The molecule has 4 rings (SSSR count). The molecule has 0 amide bonds. The van der Waals surface area contributed by atoms with Crippen LogP contribution in [0.3, 0.4) is 0 Å². The van der Waals surface area contributed by atoms with Crippen molar-refractivity contribution in [2.75, 3.05) is 0 Å². The van der Waals surface area contributed by atoms with Gasteiger partial charge in [-0.25, -0.2) is 9.31 Å². The van der Waals surface area contributed by atoms with E-state index in [1.807, 2.05) is 29.6 Å². The molecule has 1 saturated carbocycles. The van der Waals surface area contributed by atoms with Crippen molar-refractivity contribution in [1.82, 2.24) is 19.4 Å². The van der Waals surface area contributed by atoms with Gasteiger partial charge in [0.15, 0.2) is 5.69 Å². The number of nitrogens with zero attached hydrogens (tertiary/aromatic N) is 4. The van der Waals surface area contributed by atoms with Crippen LogP contribution in [0.2, 0.25) is 0 Å². The molecule has 0 aromatic carbocycles. The molecule has 118 valence electrons. The number of carbonyl (C=O) groups is 1. The second-order valence-electron chi connectivity index (χ2n) is 6.58. The van der Waals surface area contributed by atoms with Gasteiger partial charge in [-0.05, 0) is 44.0 Å². The Morgan fingerprint density at radius 1 is 1.30 bits per heavy atom. The van der Waals surface area contributed by atoms with Gasteiger partial charge in [0.25, 0.3) is 0 Å². The molecular weight excluding hydrogens is 292 g/mol. The van der Waals surface area contributed by atoms with Crippen molar-refractivity contribution in [2.45, 2.75) is 38.6 Å². The van der Waals surface area contributed by atoms with Crippen molar-refractivity contribution in [3.05, 3.63) is 53.1 Å². The van der Waals surface area contributed by atoms with E-state index in [-0.39, 0.29) is 11.1 Å². The van der Waals surface area contributed by atoms with Gasteiger partial charge in [-0.15, -0.1) is 0 Å². The third-order valence-corrected chi connectivity index (χ3v) is 4.70. The first-order valence-corrected chi connectivity index (χ1v) is 7.72. The SMILES string of the molecule is Cc1cc(C(=O)O)nn1Cc1cccc2cc(C3(C)CC3)nn12. The van der Waals surface area contributed by atoms with Crippen molar-refractivity contribution in [3.63, 3.8) is 0 Å². The minimum Gasteiger partial charge on any atom is -0.476 e. The van der Waals surface area contributed by atoms with E-state index in [9.17, 15) is 4.79 Å². The van der Waals surface area contributed by atoms with E-state index in [0.29, 0.717) is 6.54 Å². The predicted molar refractivity (Wildman–Crippen MR) is 84.8 cm³/mol. The highest BCUT2D eigenvalue weighted by Crippen LogP contribution is 2.47. The average molecular weight is 310 g/mol. The van der Waals surface area contributed by atoms with Crippen LogP contribution in [0.4, 0.5) is 0 Å². The van der Waals surface area contributed by atoms with E-state index >= 15 is 0 Å². The van der Waals surface area contributed by atoms with Gasteiger partial charge in [0.05, 0.1) is 23.4 Å². The van der Waals surface area contributed by atoms with Crippen LogP contribution >= 0.6 is 0 Å². The molecule has 3 heterocycles. The molecule has 3 aromatic rings. The Morgan fingerprint density at radius 3 is 2.74 bits per heavy atom. The summed E-state index contributed by atoms with van der Waals surface area (Å²) in [6, 6.07) is 9.78. The number of rotatable bonds is 4. The van der Waals surface area contributed by atoms with Crippen LogP contribution in [0.15, 0.2) is 30.3 Å². The number of hydrogen-bond acceptors (Lipinski definition) is 3. The van der Waals surface area contributed by atoms with Crippen LogP contribution < -0.4 is 0 Å². The van der Waals surface area contributed by atoms with Crippen LogP contribution in [0, 0.1) is 6.92 Å². The number of carboxylic acid groups (broad SMARTS) is 1. The molecule has 1 N–H and O–H groups in total. The van der Waals surface area contributed by atoms with Crippen molar-refractivity contribution in [1.29, 1.82) is 0 Å². The van der Waals surface area contributed by atoms with E-state index in [0.717, 1.165) is 22.6 Å². The molecule has 0 saturated heterocycles. The Kier molecular flexibility index (Phi) is 2.85. The largest absolute Gasteiger partial charge is 0.476 e. The van der Waals surface area contributed by atoms with Gasteiger partial charge in [0.1, 0.15) is 0 Å². The first-order chi connectivity index (χ1) is 11.0. The zero-order chi connectivity index (χ0) is 16.2. The summed E-state index contributed by atoms with van der Waals surface area (Å²) in [5, 5.41) is 18.0. The lowest BCUT2D eigenvalue weighted by Crippen LogP contribution is -2.10. The Hall–Kier alpha value is -2.63. The molecule has 0 spiro atoms. The van der Waals surface area contributed by atoms with E-state index in [4.69, 9.17) is 10.2 Å². The molecule has 6 heteroatoms. The molecule has 0 aliphatic heterocycles. The minimum atomic E-state index is -1.01. The molecule has 0 bridgehead atoms. The molecule has 0 radical (unpaired) electrons. The normalized spacial score (nSPS) is 15.9. The summed E-state index contributed by atoms with van der Waals surface area (Å²) in [6.45, 7) is 4.60. The summed E-state index contributed by atoms with van der Waals surface area (Å²) >= 11 is 0. The highest BCUT2D eigenvalue weighted by molar-refractivity contribution is 5.85. The Balaban J connectivity index is 1.74. The van der Waals surface area contributed by atoms with Gasteiger partial charge in [0, 0.05) is 11.1 Å². The maximum Gasteiger partial charge on any atom is 0.356 e. The molecule has 0 unspecified atom stereocenters. The maximum atomic E-state index is 11.1. The Morgan fingerprint density at radius 2 is 2.09 bits per heavy atom. The summed E-state index contributed by atoms with van der Waals surface area (Å²) in [7, 11) is 0. The number of aromatic nitrogens is 4. The van der Waals surface area contributed by atoms with E-state index in [1.54, 1.807) is 10.7 Å². The number of aromatic carboxylic acids is 1. The lowest BCUT2D eigenvalue weighted by molar-refractivity contribution is 0.0689. The third-order valence-electron chi connectivity index (χ3n) is 4.70. The fourth-order valence-corrected chi connectivity index (χ4v) is 2.86. The number of aryl methyl sites for hydroxylation is 1. The second kappa shape index (κ2) is 4.68. The fourth-order valence-electron chi connectivity index (χ4n) is 2.86. The lowest BCUT2D eigenvalue weighted by atomic mass is 10.1. The number of pyridine rings is 1. The molecule has 0 atom stereocenters. The van der Waals surface area contributed by atoms with Crippen molar-refractivity contribution >= 4 is 11.5 Å². The topological polar surface area (TPSA) is 72.4 Å². The molecule has 1 aliphatic rings. The monoisotopic (exact) mass is 310 g/mol. The van der Waals surface area contributed by atoms with E-state index in [2.05, 4.69) is 18.1 Å². The Labute approximate surface area is 133 Å². The lowest BCUT2D eigenvalue weighted by Gasteiger charge is -2.07. The van der Waals surface area contributed by atoms with Crippen LogP contribution in [-0.2, 0) is 12.0 Å². The average Bonchev–Trinajstić information content (AvgIpc) is 2.96. The van der Waals surface area contributed by atoms with Gasteiger partial charge in [-0.1, -0.05) is 13.0 Å². The van der Waals surface area contributed by atoms with E-state index in [1.165, 1.54) is 12.8 Å². The summed E-state index contributed by atoms with van der Waals surface area (Å²) in [6.07, 6.45) is 2.37. The zero-order valence-electron chi connectivity index (χ0n) is 13.2. The van der Waals surface area contributed by atoms with Gasteiger partial charge >= 0.3 is 5.97 Å². The van der Waals surface area contributed by atoms with Gasteiger partial charge < -0.3 is 5.11 Å². The molecule has 1 aliphatic carbocycles. The van der Waals surface area contributed by atoms with Crippen molar-refractivity contribution < 1.29 is 9.90 Å². The summed E-state index contributed by atoms with van der Waals surface area (Å²) in [5.74, 6) is -1.01. The standard InChI is InChI=1S/C17H18N4O2/c1-11-8-14(16(22)23)18-20(11)10-13-5-3-4-12-9-15(19-21(12)13)17(2)6-7-17/h3-5,8-9H,6-7,10H2,1-2H3,(H,22,23). The third kappa shape index (κ3) is 2.30. The second-order valence-corrected chi connectivity index (χ2v) is 6.58. The van der Waals surface area contributed by atoms with Crippen LogP contribution in [-0.4, -0.2) is 30.5 Å². The number of fused-ring (bicyclic) bond motifs is 1. The first kappa shape index (κ1) is 14.0. The van der Waals surface area contributed by atoms with Gasteiger partial charge in [-0.3, -0.25) is 4.68 Å². The number of hydrogen-bond donors (Lipinski definition) is 1. The van der Waals surface area contributed by atoms with Crippen molar-refractivity contribution in [3.8, 4) is 0 Å². The fraction of sp³-hybridized carbons (Fsp3) is 0.353. The highest BCUT2D eigenvalue weighted by Gasteiger charge is 2.41. The molecular formula is C17H18N4O2. The molecule has 6 nitrogen and oxygen atoms in total. The summed E-state index contributed by atoms with van der Waals surface area (Å²) in [5.41, 5.74) is 4.30. The van der Waals surface area contributed by atoms with Crippen LogP contribution in [0.25, 0.3) is 5.52 Å². The molecule has 23 heavy (non-hydrogen) atoms.